The molecule has 0 aliphatic carbocycles. The van der Waals surface area contributed by atoms with Crippen LogP contribution >= 0.6 is 11.3 Å². The normalized spacial score (nSPS) is 29.8. The molecule has 2 atom stereocenters. The second-order valence-corrected chi connectivity index (χ2v) is 6.68. The van der Waals surface area contributed by atoms with Gasteiger partial charge in [0.05, 0.1) is 19.3 Å². The quantitative estimate of drug-likeness (QED) is 0.795. The Kier molecular flexibility index (Phi) is 2.83. The van der Waals surface area contributed by atoms with Gasteiger partial charge in [-0.1, -0.05) is 13.8 Å². The molecule has 3 rings (SSSR count). The van der Waals surface area contributed by atoms with E-state index >= 15 is 0 Å². The first-order valence-electron chi connectivity index (χ1n) is 6.16. The summed E-state index contributed by atoms with van der Waals surface area (Å²) in [6, 6.07) is 0.155. The first kappa shape index (κ1) is 13.2. The van der Waals surface area contributed by atoms with Crippen LogP contribution < -0.4 is 4.90 Å². The van der Waals surface area contributed by atoms with Crippen molar-refractivity contribution in [1.29, 1.82) is 0 Å². The summed E-state index contributed by atoms with van der Waals surface area (Å²) in [5.41, 5.74) is -0.752. The highest BCUT2D eigenvalue weighted by Crippen LogP contribution is 2.46. The van der Waals surface area contributed by atoms with Gasteiger partial charge in [-0.2, -0.15) is 13.2 Å². The molecule has 3 heterocycles. The topological polar surface area (TPSA) is 25.4 Å². The average Bonchev–Trinajstić information content (AvgIpc) is 2.96. The molecule has 0 spiro atoms. The van der Waals surface area contributed by atoms with Crippen molar-refractivity contribution in [3.05, 3.63) is 11.1 Å². The van der Waals surface area contributed by atoms with E-state index in [-0.39, 0.29) is 11.5 Å². The van der Waals surface area contributed by atoms with Crippen molar-refractivity contribution in [3.8, 4) is 0 Å². The Labute approximate surface area is 113 Å². The Morgan fingerprint density at radius 1 is 1.42 bits per heavy atom. The fraction of sp³-hybridized carbons (Fsp3) is 0.750. The van der Waals surface area contributed by atoms with E-state index in [0.717, 1.165) is 23.3 Å². The second-order valence-electron chi connectivity index (χ2n) is 5.84. The number of rotatable bonds is 1. The number of halogens is 3. The van der Waals surface area contributed by atoms with Crippen molar-refractivity contribution in [2.45, 2.75) is 26.1 Å². The summed E-state index contributed by atoms with van der Waals surface area (Å²) in [6.45, 7) is 6.27. The number of ether oxygens (including phenoxy) is 1. The highest BCUT2D eigenvalue weighted by atomic mass is 32.1. The molecular formula is C12H15F3N2OS. The predicted octanol–water partition coefficient (Wildman–Crippen LogP) is 3.02. The number of fused-ring (bicyclic) bond motifs is 1. The summed E-state index contributed by atoms with van der Waals surface area (Å²) < 4.78 is 43.3. The van der Waals surface area contributed by atoms with E-state index in [0.29, 0.717) is 24.3 Å². The van der Waals surface area contributed by atoms with Gasteiger partial charge in [0.2, 0.25) is 0 Å². The number of hydrogen-bond acceptors (Lipinski definition) is 4. The molecule has 2 aliphatic rings. The third-order valence-corrected chi connectivity index (χ3v) is 4.94. The maximum absolute atomic E-state index is 12.6. The number of aromatic nitrogens is 1. The largest absolute Gasteiger partial charge is 0.434 e. The van der Waals surface area contributed by atoms with Crippen molar-refractivity contribution in [2.24, 2.45) is 11.3 Å². The molecule has 2 saturated heterocycles. The Bertz CT molecular complexity index is 486. The lowest BCUT2D eigenvalue weighted by molar-refractivity contribution is -0.140. The average molecular weight is 292 g/mol. The Morgan fingerprint density at radius 2 is 2.16 bits per heavy atom. The summed E-state index contributed by atoms with van der Waals surface area (Å²) in [4.78, 5) is 5.74. The van der Waals surface area contributed by atoms with Crippen LogP contribution in [0, 0.1) is 11.3 Å². The third-order valence-electron chi connectivity index (χ3n) is 4.06. The van der Waals surface area contributed by atoms with Gasteiger partial charge in [0.25, 0.3) is 0 Å². The van der Waals surface area contributed by atoms with Crippen LogP contribution in [0.15, 0.2) is 5.38 Å². The highest BCUT2D eigenvalue weighted by Gasteiger charge is 2.51. The Morgan fingerprint density at radius 3 is 2.79 bits per heavy atom. The molecule has 0 aromatic carbocycles. The van der Waals surface area contributed by atoms with Crippen LogP contribution in [0.4, 0.5) is 18.3 Å². The molecule has 0 radical (unpaired) electrons. The molecule has 2 fully saturated rings. The maximum Gasteiger partial charge on any atom is 0.434 e. The minimum atomic E-state index is -4.37. The van der Waals surface area contributed by atoms with E-state index < -0.39 is 11.9 Å². The van der Waals surface area contributed by atoms with Gasteiger partial charge in [-0.15, -0.1) is 11.3 Å². The van der Waals surface area contributed by atoms with Gasteiger partial charge < -0.3 is 9.64 Å². The molecule has 19 heavy (non-hydrogen) atoms. The lowest BCUT2D eigenvalue weighted by Gasteiger charge is -2.23. The van der Waals surface area contributed by atoms with Crippen LogP contribution in [0.1, 0.15) is 19.5 Å². The number of alkyl halides is 3. The fourth-order valence-corrected chi connectivity index (χ4v) is 3.90. The summed E-state index contributed by atoms with van der Waals surface area (Å²) in [6.07, 6.45) is -4.37. The highest BCUT2D eigenvalue weighted by molar-refractivity contribution is 7.13. The summed E-state index contributed by atoms with van der Waals surface area (Å²) in [7, 11) is 0. The van der Waals surface area contributed by atoms with E-state index in [4.69, 9.17) is 4.74 Å². The van der Waals surface area contributed by atoms with Crippen molar-refractivity contribution < 1.29 is 17.9 Å². The zero-order chi connectivity index (χ0) is 13.8. The Hall–Kier alpha value is -0.820. The molecule has 7 heteroatoms. The summed E-state index contributed by atoms with van der Waals surface area (Å²) in [5.74, 6) is 0.366. The number of hydrogen-bond donors (Lipinski definition) is 0. The van der Waals surface area contributed by atoms with Crippen LogP contribution in [0.25, 0.3) is 0 Å². The molecule has 2 aliphatic heterocycles. The molecule has 0 amide bonds. The molecule has 106 valence electrons. The van der Waals surface area contributed by atoms with Gasteiger partial charge in [-0.3, -0.25) is 0 Å². The lowest BCUT2D eigenvalue weighted by Crippen LogP contribution is -2.32. The van der Waals surface area contributed by atoms with Crippen molar-refractivity contribution in [3.63, 3.8) is 0 Å². The first-order valence-corrected chi connectivity index (χ1v) is 7.04. The number of nitrogens with zero attached hydrogens (tertiary/aromatic N) is 2. The molecular weight excluding hydrogens is 277 g/mol. The molecule has 0 unspecified atom stereocenters. The van der Waals surface area contributed by atoms with E-state index in [2.05, 4.69) is 18.8 Å². The molecule has 1 aromatic heterocycles. The van der Waals surface area contributed by atoms with Crippen LogP contribution in [-0.2, 0) is 10.9 Å². The van der Waals surface area contributed by atoms with Crippen LogP contribution in [-0.4, -0.2) is 30.8 Å². The fourth-order valence-electron chi connectivity index (χ4n) is 3.01. The van der Waals surface area contributed by atoms with Gasteiger partial charge in [0.15, 0.2) is 10.8 Å². The summed E-state index contributed by atoms with van der Waals surface area (Å²) in [5, 5.41) is 1.55. The van der Waals surface area contributed by atoms with Crippen LogP contribution in [0.3, 0.4) is 0 Å². The number of thiazole rings is 1. The van der Waals surface area contributed by atoms with Crippen molar-refractivity contribution in [1.82, 2.24) is 4.98 Å². The molecule has 0 N–H and O–H groups in total. The molecule has 3 nitrogen and oxygen atoms in total. The minimum Gasteiger partial charge on any atom is -0.379 e. The smallest absolute Gasteiger partial charge is 0.379 e. The van der Waals surface area contributed by atoms with Crippen molar-refractivity contribution >= 4 is 16.5 Å². The van der Waals surface area contributed by atoms with E-state index in [1.807, 2.05) is 4.90 Å². The SMILES string of the molecule is CC1(C)CN(c2nc(C(F)(F)F)cs2)[C@@H]2COC[C@@H]21. The van der Waals surface area contributed by atoms with Gasteiger partial charge in [0.1, 0.15) is 0 Å². The first-order chi connectivity index (χ1) is 8.79. The second kappa shape index (κ2) is 4.09. The maximum atomic E-state index is 12.6. The van der Waals surface area contributed by atoms with Crippen LogP contribution in [0.5, 0.6) is 0 Å². The summed E-state index contributed by atoms with van der Waals surface area (Å²) >= 11 is 1.06. The third kappa shape index (κ3) is 2.12. The zero-order valence-corrected chi connectivity index (χ0v) is 11.5. The number of anilines is 1. The Balaban J connectivity index is 1.89. The van der Waals surface area contributed by atoms with Gasteiger partial charge >= 0.3 is 6.18 Å². The van der Waals surface area contributed by atoms with Gasteiger partial charge in [-0.25, -0.2) is 4.98 Å². The molecule has 1 aromatic rings. The zero-order valence-electron chi connectivity index (χ0n) is 10.7. The lowest BCUT2D eigenvalue weighted by atomic mass is 9.80. The monoisotopic (exact) mass is 292 g/mol. The minimum absolute atomic E-state index is 0.0469. The van der Waals surface area contributed by atoms with E-state index in [9.17, 15) is 13.2 Å². The van der Waals surface area contributed by atoms with Crippen molar-refractivity contribution in [2.75, 3.05) is 24.7 Å². The predicted molar refractivity (Wildman–Crippen MR) is 66.3 cm³/mol. The van der Waals surface area contributed by atoms with Gasteiger partial charge in [-0.05, 0) is 5.41 Å². The van der Waals surface area contributed by atoms with Gasteiger partial charge in [0, 0.05) is 17.8 Å². The van der Waals surface area contributed by atoms with E-state index in [1.165, 1.54) is 0 Å². The molecule has 0 saturated carbocycles. The van der Waals surface area contributed by atoms with E-state index in [1.54, 1.807) is 0 Å². The van der Waals surface area contributed by atoms with Crippen LogP contribution in [0.2, 0.25) is 0 Å². The molecule has 0 bridgehead atoms. The standard InChI is InChI=1S/C12H15F3N2OS/c1-11(2)6-17(8-4-18-3-7(8)11)10-16-9(5-19-10)12(13,14)15/h5,7-8H,3-4,6H2,1-2H3/t7-,8+/m0/s1.